The molecule has 0 spiro atoms. The van der Waals surface area contributed by atoms with Crippen LogP contribution in [0.1, 0.15) is 104 Å². The van der Waals surface area contributed by atoms with E-state index < -0.39 is 0 Å². The number of nitrogens with zero attached hydrogens (tertiary/aromatic N) is 2. The fraction of sp³-hybridized carbons (Fsp3) is 0.955. The smallest absolute Gasteiger partial charge is 0.0689 e. The summed E-state index contributed by atoms with van der Waals surface area (Å²) in [6.45, 7) is 7.15. The Labute approximate surface area is 151 Å². The van der Waals surface area contributed by atoms with Crippen molar-refractivity contribution in [1.82, 2.24) is 4.90 Å². The third-order valence-electron chi connectivity index (χ3n) is 6.76. The largest absolute Gasteiger partial charge is 0.300 e. The zero-order chi connectivity index (χ0) is 17.3. The highest BCUT2D eigenvalue weighted by molar-refractivity contribution is 5.02. The van der Waals surface area contributed by atoms with E-state index in [1.807, 2.05) is 0 Å². The summed E-state index contributed by atoms with van der Waals surface area (Å²) in [5.41, 5.74) is 0.0159. The molecule has 0 atom stereocenters. The SMILES string of the molecule is CCCCCCCC1CCN([C@H]2CC[C@@](C#N)(CCC)CC2)CC1. The Morgan fingerprint density at radius 2 is 1.58 bits per heavy atom. The second kappa shape index (κ2) is 10.4. The van der Waals surface area contributed by atoms with Crippen LogP contribution in [0.2, 0.25) is 0 Å². The highest BCUT2D eigenvalue weighted by atomic mass is 15.2. The van der Waals surface area contributed by atoms with Crippen LogP contribution in [0.3, 0.4) is 0 Å². The number of hydrogen-bond acceptors (Lipinski definition) is 2. The Morgan fingerprint density at radius 3 is 2.17 bits per heavy atom. The van der Waals surface area contributed by atoms with Gasteiger partial charge in [-0.1, -0.05) is 58.8 Å². The van der Waals surface area contributed by atoms with Crippen LogP contribution >= 0.6 is 0 Å². The predicted molar refractivity (Wildman–Crippen MR) is 103 cm³/mol. The van der Waals surface area contributed by atoms with Gasteiger partial charge in [-0.25, -0.2) is 0 Å². The quantitative estimate of drug-likeness (QED) is 0.462. The van der Waals surface area contributed by atoms with Gasteiger partial charge in [-0.3, -0.25) is 0 Å². The number of piperidine rings is 1. The lowest BCUT2D eigenvalue weighted by Crippen LogP contribution is -2.44. The van der Waals surface area contributed by atoms with Gasteiger partial charge in [0.2, 0.25) is 0 Å². The molecule has 138 valence electrons. The van der Waals surface area contributed by atoms with Crippen LogP contribution in [0.15, 0.2) is 0 Å². The summed E-state index contributed by atoms with van der Waals surface area (Å²) in [7, 11) is 0. The van der Waals surface area contributed by atoms with Crippen molar-refractivity contribution < 1.29 is 0 Å². The van der Waals surface area contributed by atoms with Gasteiger partial charge in [0, 0.05) is 6.04 Å². The predicted octanol–water partition coefficient (Wildman–Crippen LogP) is 6.31. The van der Waals surface area contributed by atoms with Crippen LogP contribution in [-0.4, -0.2) is 24.0 Å². The van der Waals surface area contributed by atoms with E-state index in [9.17, 15) is 5.26 Å². The van der Waals surface area contributed by atoms with Gasteiger partial charge in [-0.2, -0.15) is 5.26 Å². The number of likely N-dealkylation sites (tertiary alicyclic amines) is 1. The lowest BCUT2D eigenvalue weighted by Gasteiger charge is -2.43. The molecular weight excluding hydrogens is 292 g/mol. The van der Waals surface area contributed by atoms with Crippen molar-refractivity contribution >= 4 is 0 Å². The molecule has 24 heavy (non-hydrogen) atoms. The second-order valence-electron chi connectivity index (χ2n) is 8.56. The number of rotatable bonds is 9. The van der Waals surface area contributed by atoms with Gasteiger partial charge >= 0.3 is 0 Å². The van der Waals surface area contributed by atoms with E-state index in [1.54, 1.807) is 0 Å². The van der Waals surface area contributed by atoms with E-state index in [1.165, 1.54) is 77.3 Å². The molecule has 2 heteroatoms. The Balaban J connectivity index is 1.64. The summed E-state index contributed by atoms with van der Waals surface area (Å²) in [5.74, 6) is 0.991. The van der Waals surface area contributed by atoms with Gasteiger partial charge in [-0.15, -0.1) is 0 Å². The Hall–Kier alpha value is -0.550. The van der Waals surface area contributed by atoms with Crippen molar-refractivity contribution in [3.8, 4) is 6.07 Å². The van der Waals surface area contributed by atoms with Gasteiger partial charge < -0.3 is 4.90 Å². The summed E-state index contributed by atoms with van der Waals surface area (Å²) in [5, 5.41) is 9.58. The minimum absolute atomic E-state index is 0.0159. The van der Waals surface area contributed by atoms with Crippen LogP contribution < -0.4 is 0 Å². The highest BCUT2D eigenvalue weighted by Gasteiger charge is 2.37. The van der Waals surface area contributed by atoms with E-state index in [0.29, 0.717) is 0 Å². The fourth-order valence-electron chi connectivity index (χ4n) is 5.06. The van der Waals surface area contributed by atoms with Crippen molar-refractivity contribution in [2.24, 2.45) is 11.3 Å². The molecule has 0 amide bonds. The number of unbranched alkanes of at least 4 members (excludes halogenated alkanes) is 4. The molecule has 1 saturated carbocycles. The van der Waals surface area contributed by atoms with Crippen LogP contribution in [0.25, 0.3) is 0 Å². The molecule has 1 aliphatic carbocycles. The monoisotopic (exact) mass is 332 g/mol. The van der Waals surface area contributed by atoms with Crippen molar-refractivity contribution in [2.75, 3.05) is 13.1 Å². The molecule has 0 unspecified atom stereocenters. The maximum Gasteiger partial charge on any atom is 0.0689 e. The molecular formula is C22H40N2. The molecule has 2 aliphatic rings. The molecule has 0 bridgehead atoms. The zero-order valence-corrected chi connectivity index (χ0v) is 16.4. The summed E-state index contributed by atoms with van der Waals surface area (Å²) in [4.78, 5) is 2.76. The summed E-state index contributed by atoms with van der Waals surface area (Å²) < 4.78 is 0. The third kappa shape index (κ3) is 5.76. The van der Waals surface area contributed by atoms with Crippen molar-refractivity contribution in [3.05, 3.63) is 0 Å². The van der Waals surface area contributed by atoms with Crippen LogP contribution in [-0.2, 0) is 0 Å². The lowest BCUT2D eigenvalue weighted by atomic mass is 9.70. The molecule has 2 rings (SSSR count). The fourth-order valence-corrected chi connectivity index (χ4v) is 5.06. The molecule has 0 radical (unpaired) electrons. The maximum atomic E-state index is 9.58. The van der Waals surface area contributed by atoms with Gasteiger partial charge in [0.25, 0.3) is 0 Å². The topological polar surface area (TPSA) is 27.0 Å². The first-order valence-corrected chi connectivity index (χ1v) is 10.9. The molecule has 0 aromatic heterocycles. The Bertz CT molecular complexity index is 368. The third-order valence-corrected chi connectivity index (χ3v) is 6.76. The van der Waals surface area contributed by atoms with Crippen LogP contribution in [0, 0.1) is 22.7 Å². The lowest BCUT2D eigenvalue weighted by molar-refractivity contribution is 0.0760. The molecule has 2 nitrogen and oxygen atoms in total. The molecule has 0 N–H and O–H groups in total. The van der Waals surface area contributed by atoms with E-state index in [-0.39, 0.29) is 5.41 Å². The van der Waals surface area contributed by atoms with E-state index in [2.05, 4.69) is 24.8 Å². The first kappa shape index (κ1) is 19.8. The summed E-state index contributed by atoms with van der Waals surface area (Å²) in [6.07, 6.45) is 18.5. The standard InChI is InChI=1S/C22H40N2/c1-3-5-6-7-8-9-20-12-17-24(18-13-20)21-10-15-22(19-23,14-4-2)16-11-21/h20-21H,3-18H2,1-2H3/t21-,22-. The van der Waals surface area contributed by atoms with Crippen molar-refractivity contribution in [2.45, 2.75) is 110 Å². The van der Waals surface area contributed by atoms with Gasteiger partial charge in [-0.05, 0) is 64.0 Å². The molecule has 0 aromatic rings. The Kier molecular flexibility index (Phi) is 8.60. The Morgan fingerprint density at radius 1 is 0.917 bits per heavy atom. The van der Waals surface area contributed by atoms with Crippen molar-refractivity contribution in [1.29, 1.82) is 5.26 Å². The van der Waals surface area contributed by atoms with Gasteiger partial charge in [0.15, 0.2) is 0 Å². The second-order valence-corrected chi connectivity index (χ2v) is 8.56. The zero-order valence-electron chi connectivity index (χ0n) is 16.4. The molecule has 2 fully saturated rings. The highest BCUT2D eigenvalue weighted by Crippen LogP contribution is 2.41. The van der Waals surface area contributed by atoms with Gasteiger partial charge in [0.05, 0.1) is 11.5 Å². The first-order valence-electron chi connectivity index (χ1n) is 10.9. The van der Waals surface area contributed by atoms with Gasteiger partial charge in [0.1, 0.15) is 0 Å². The average Bonchev–Trinajstić information content (AvgIpc) is 2.63. The molecule has 0 aromatic carbocycles. The van der Waals surface area contributed by atoms with E-state index >= 15 is 0 Å². The van der Waals surface area contributed by atoms with Crippen molar-refractivity contribution in [3.63, 3.8) is 0 Å². The maximum absolute atomic E-state index is 9.58. The number of nitriles is 1. The first-order chi connectivity index (χ1) is 11.7. The molecule has 1 heterocycles. The average molecular weight is 333 g/mol. The van der Waals surface area contributed by atoms with E-state index in [0.717, 1.165) is 37.6 Å². The van der Waals surface area contributed by atoms with Crippen LogP contribution in [0.5, 0.6) is 0 Å². The molecule has 1 aliphatic heterocycles. The summed E-state index contributed by atoms with van der Waals surface area (Å²) in [6, 6.07) is 3.44. The summed E-state index contributed by atoms with van der Waals surface area (Å²) >= 11 is 0. The minimum atomic E-state index is 0.0159. The van der Waals surface area contributed by atoms with Crippen LogP contribution in [0.4, 0.5) is 0 Å². The number of hydrogen-bond donors (Lipinski definition) is 0. The molecule has 1 saturated heterocycles. The minimum Gasteiger partial charge on any atom is -0.300 e. The normalized spacial score (nSPS) is 29.5. The van der Waals surface area contributed by atoms with E-state index in [4.69, 9.17) is 0 Å².